The summed E-state index contributed by atoms with van der Waals surface area (Å²) in [5.41, 5.74) is 5.08. The first-order chi connectivity index (χ1) is 16.4. The summed E-state index contributed by atoms with van der Waals surface area (Å²) in [7, 11) is 0. The number of carbonyl (C=O) groups excluding carboxylic acids is 1. The van der Waals surface area contributed by atoms with E-state index in [1.54, 1.807) is 29.1 Å². The molecule has 0 radical (unpaired) electrons. The maximum atomic E-state index is 14.4. The van der Waals surface area contributed by atoms with E-state index in [-0.39, 0.29) is 17.3 Å². The molecule has 0 unspecified atom stereocenters. The Hall–Kier alpha value is -4.39. The third-order valence-electron chi connectivity index (χ3n) is 5.72. The number of amides is 1. The second-order valence-corrected chi connectivity index (χ2v) is 8.06. The Morgan fingerprint density at radius 1 is 0.971 bits per heavy atom. The predicted octanol–water partition coefficient (Wildman–Crippen LogP) is 6.21. The highest BCUT2D eigenvalue weighted by molar-refractivity contribution is 6.06. The Kier molecular flexibility index (Phi) is 5.37. The van der Waals surface area contributed by atoms with Gasteiger partial charge in [-0.2, -0.15) is 0 Å². The second-order valence-electron chi connectivity index (χ2n) is 8.06. The molecule has 0 saturated carbocycles. The van der Waals surface area contributed by atoms with Crippen LogP contribution in [0.25, 0.3) is 28.2 Å². The van der Waals surface area contributed by atoms with Crippen molar-refractivity contribution in [3.05, 3.63) is 108 Å². The number of hydrogen-bond donors (Lipinski definition) is 1. The van der Waals surface area contributed by atoms with E-state index in [1.807, 2.05) is 50.2 Å². The first kappa shape index (κ1) is 21.5. The van der Waals surface area contributed by atoms with Crippen molar-refractivity contribution in [2.24, 2.45) is 0 Å². The number of benzene rings is 3. The van der Waals surface area contributed by atoms with Gasteiger partial charge in [0.2, 0.25) is 0 Å². The third-order valence-corrected chi connectivity index (χ3v) is 5.72. The fraction of sp³-hybridized carbons (Fsp3) is 0.0741. The molecular weight excluding hydrogens is 434 g/mol. The quantitative estimate of drug-likeness (QED) is 0.351. The number of nitrogens with one attached hydrogen (secondary N) is 1. The molecule has 2 aromatic heterocycles. The van der Waals surface area contributed by atoms with E-state index in [4.69, 9.17) is 0 Å². The Balaban J connectivity index is 1.55. The van der Waals surface area contributed by atoms with Crippen LogP contribution in [0.3, 0.4) is 0 Å². The molecule has 3 aromatic carbocycles. The number of halogens is 2. The molecule has 34 heavy (non-hydrogen) atoms. The van der Waals surface area contributed by atoms with Crippen molar-refractivity contribution in [1.29, 1.82) is 0 Å². The predicted molar refractivity (Wildman–Crippen MR) is 128 cm³/mol. The van der Waals surface area contributed by atoms with Gasteiger partial charge in [0, 0.05) is 29.2 Å². The van der Waals surface area contributed by atoms with Crippen LogP contribution in [0.2, 0.25) is 0 Å². The number of fused-ring (bicyclic) bond motifs is 1. The van der Waals surface area contributed by atoms with Gasteiger partial charge in [-0.15, -0.1) is 0 Å². The summed E-state index contributed by atoms with van der Waals surface area (Å²) in [6, 6.07) is 17.1. The van der Waals surface area contributed by atoms with Crippen molar-refractivity contribution < 1.29 is 13.6 Å². The fourth-order valence-electron chi connectivity index (χ4n) is 3.88. The number of nitrogens with zero attached hydrogens (tertiary/aromatic N) is 3. The molecule has 5 rings (SSSR count). The van der Waals surface area contributed by atoms with Crippen LogP contribution in [0.4, 0.5) is 14.5 Å². The highest BCUT2D eigenvalue weighted by atomic mass is 19.2. The zero-order valence-electron chi connectivity index (χ0n) is 18.5. The van der Waals surface area contributed by atoms with Gasteiger partial charge in [-0.3, -0.25) is 14.2 Å². The molecule has 0 fully saturated rings. The first-order valence-electron chi connectivity index (χ1n) is 10.7. The minimum Gasteiger partial charge on any atom is -0.322 e. The lowest BCUT2D eigenvalue weighted by Crippen LogP contribution is -2.13. The summed E-state index contributed by atoms with van der Waals surface area (Å²) >= 11 is 0. The third kappa shape index (κ3) is 3.81. The first-order valence-corrected chi connectivity index (χ1v) is 10.7. The lowest BCUT2D eigenvalue weighted by Gasteiger charge is -2.11. The van der Waals surface area contributed by atoms with Gasteiger partial charge in [-0.05, 0) is 49.7 Å². The maximum Gasteiger partial charge on any atom is 0.255 e. The average molecular weight is 454 g/mol. The number of imidazole rings is 1. The van der Waals surface area contributed by atoms with Crippen molar-refractivity contribution in [3.8, 4) is 22.6 Å². The molecule has 0 saturated heterocycles. The van der Waals surface area contributed by atoms with Crippen LogP contribution >= 0.6 is 0 Å². The van der Waals surface area contributed by atoms with Crippen molar-refractivity contribution in [1.82, 2.24) is 14.4 Å². The van der Waals surface area contributed by atoms with E-state index < -0.39 is 11.6 Å². The molecule has 1 N–H and O–H groups in total. The van der Waals surface area contributed by atoms with Crippen LogP contribution in [0, 0.1) is 25.5 Å². The molecule has 5 aromatic rings. The van der Waals surface area contributed by atoms with Crippen molar-refractivity contribution in [2.45, 2.75) is 13.8 Å². The second kappa shape index (κ2) is 8.51. The molecule has 0 bridgehead atoms. The van der Waals surface area contributed by atoms with Gasteiger partial charge in [-0.1, -0.05) is 35.9 Å². The van der Waals surface area contributed by atoms with Crippen LogP contribution in [-0.2, 0) is 0 Å². The van der Waals surface area contributed by atoms with Gasteiger partial charge in [0.15, 0.2) is 11.6 Å². The van der Waals surface area contributed by atoms with E-state index in [9.17, 15) is 13.6 Å². The number of carbonyl (C=O) groups is 1. The Morgan fingerprint density at radius 3 is 2.56 bits per heavy atom. The van der Waals surface area contributed by atoms with E-state index in [2.05, 4.69) is 15.3 Å². The lowest BCUT2D eigenvalue weighted by molar-refractivity contribution is 0.102. The molecule has 0 aliphatic carbocycles. The van der Waals surface area contributed by atoms with Crippen LogP contribution in [0.15, 0.2) is 79.3 Å². The van der Waals surface area contributed by atoms with Gasteiger partial charge in [0.1, 0.15) is 5.82 Å². The topological polar surface area (TPSA) is 59.3 Å². The molecular formula is C27H20F2N4O. The number of aromatic nitrogens is 3. The highest BCUT2D eigenvalue weighted by Gasteiger charge is 2.18. The Bertz CT molecular complexity index is 1540. The number of hydrogen-bond acceptors (Lipinski definition) is 3. The Labute approximate surface area is 194 Å². The van der Waals surface area contributed by atoms with E-state index in [0.717, 1.165) is 17.2 Å². The molecule has 0 aliphatic heterocycles. The number of anilines is 1. The van der Waals surface area contributed by atoms with Gasteiger partial charge in [-0.25, -0.2) is 13.8 Å². The van der Waals surface area contributed by atoms with Crippen LogP contribution < -0.4 is 5.32 Å². The summed E-state index contributed by atoms with van der Waals surface area (Å²) in [6.07, 6.45) is 4.77. The van der Waals surface area contributed by atoms with Gasteiger partial charge >= 0.3 is 0 Å². The van der Waals surface area contributed by atoms with E-state index >= 15 is 0 Å². The summed E-state index contributed by atoms with van der Waals surface area (Å²) < 4.78 is 29.9. The molecule has 168 valence electrons. The minimum atomic E-state index is -0.959. The zero-order valence-corrected chi connectivity index (χ0v) is 18.5. The summed E-state index contributed by atoms with van der Waals surface area (Å²) in [5, 5.41) is 2.93. The van der Waals surface area contributed by atoms with E-state index in [1.165, 1.54) is 12.1 Å². The van der Waals surface area contributed by atoms with Crippen molar-refractivity contribution in [3.63, 3.8) is 0 Å². The molecule has 0 aliphatic rings. The average Bonchev–Trinajstić information content (AvgIpc) is 3.27. The largest absolute Gasteiger partial charge is 0.322 e. The molecule has 0 spiro atoms. The van der Waals surface area contributed by atoms with Crippen LogP contribution in [-0.4, -0.2) is 20.3 Å². The van der Waals surface area contributed by atoms with Gasteiger partial charge in [0.25, 0.3) is 5.91 Å². The molecule has 0 atom stereocenters. The van der Waals surface area contributed by atoms with Crippen molar-refractivity contribution >= 4 is 17.1 Å². The van der Waals surface area contributed by atoms with Crippen molar-refractivity contribution in [2.75, 3.05) is 5.32 Å². The summed E-state index contributed by atoms with van der Waals surface area (Å²) in [5.74, 6) is -1.86. The summed E-state index contributed by atoms with van der Waals surface area (Å²) in [4.78, 5) is 21.8. The molecule has 2 heterocycles. The monoisotopic (exact) mass is 454 g/mol. The minimum absolute atomic E-state index is 0.0548. The van der Waals surface area contributed by atoms with Gasteiger partial charge < -0.3 is 5.32 Å². The number of aryl methyl sites for hydroxylation is 2. The molecule has 1 amide bonds. The van der Waals surface area contributed by atoms with Crippen LogP contribution in [0.5, 0.6) is 0 Å². The molecule has 5 nitrogen and oxygen atoms in total. The smallest absolute Gasteiger partial charge is 0.255 e. The normalized spacial score (nSPS) is 11.1. The highest BCUT2D eigenvalue weighted by Crippen LogP contribution is 2.30. The SMILES string of the molecule is Cc1ccc(NC(=O)c2cc(-c3nccn4c(-c5cccc(F)c5F)ncc34)ccc2C)cc1. The fourth-order valence-corrected chi connectivity index (χ4v) is 3.88. The summed E-state index contributed by atoms with van der Waals surface area (Å²) in [6.45, 7) is 3.85. The zero-order chi connectivity index (χ0) is 23.8. The number of rotatable bonds is 4. The molecule has 7 heteroatoms. The lowest BCUT2D eigenvalue weighted by atomic mass is 10.0. The maximum absolute atomic E-state index is 14.4. The van der Waals surface area contributed by atoms with Gasteiger partial charge in [0.05, 0.1) is 23.0 Å². The van der Waals surface area contributed by atoms with E-state index in [0.29, 0.717) is 28.0 Å². The Morgan fingerprint density at radius 2 is 1.76 bits per heavy atom. The van der Waals surface area contributed by atoms with Crippen LogP contribution in [0.1, 0.15) is 21.5 Å². The standard InChI is InChI=1S/C27H20F2N4O/c1-16-6-10-19(11-7-16)32-27(34)21-14-18(9-8-17(21)2)25-23-15-31-26(33(23)13-12-30-25)20-4-3-5-22(28)24(20)29/h3-15H,1-2H3,(H,32,34).